The molecule has 1 heterocycles. The maximum Gasteiger partial charge on any atom is 0.122 e. The van der Waals surface area contributed by atoms with Crippen LogP contribution in [-0.4, -0.2) is 20.1 Å². The Hall–Kier alpha value is -1.39. The van der Waals surface area contributed by atoms with E-state index in [-0.39, 0.29) is 0 Å². The van der Waals surface area contributed by atoms with Crippen molar-refractivity contribution in [2.75, 3.05) is 0 Å². The summed E-state index contributed by atoms with van der Waals surface area (Å²) in [5, 5.41) is 18.3. The molecule has 0 aliphatic rings. The Morgan fingerprint density at radius 2 is 2.12 bits per heavy atom. The predicted molar refractivity (Wildman–Crippen MR) is 61.3 cm³/mol. The average molecular weight is 238 g/mol. The number of nitrogens with zero attached hydrogens (tertiary/aromatic N) is 3. The number of benzene rings is 1. The van der Waals surface area contributed by atoms with E-state index in [1.807, 2.05) is 19.1 Å². The van der Waals surface area contributed by atoms with E-state index in [0.717, 1.165) is 11.1 Å². The van der Waals surface area contributed by atoms with Gasteiger partial charge in [-0.15, -0.1) is 5.10 Å². The lowest BCUT2D eigenvalue weighted by atomic mass is 10.0. The van der Waals surface area contributed by atoms with Crippen molar-refractivity contribution in [3.05, 3.63) is 46.2 Å². The first kappa shape index (κ1) is 11.1. The monoisotopic (exact) mass is 237 g/mol. The molecule has 0 saturated carbocycles. The molecule has 0 radical (unpaired) electrons. The first-order valence-corrected chi connectivity index (χ1v) is 5.25. The molecule has 1 N–H and O–H groups in total. The lowest BCUT2D eigenvalue weighted by Crippen LogP contribution is -2.06. The van der Waals surface area contributed by atoms with E-state index >= 15 is 0 Å². The molecule has 1 aromatic heterocycles. The van der Waals surface area contributed by atoms with Gasteiger partial charge in [0.2, 0.25) is 0 Å². The van der Waals surface area contributed by atoms with Crippen molar-refractivity contribution in [3.63, 3.8) is 0 Å². The van der Waals surface area contributed by atoms with Crippen LogP contribution >= 0.6 is 11.6 Å². The molecule has 0 spiro atoms. The quantitative estimate of drug-likeness (QED) is 0.868. The molecule has 2 rings (SSSR count). The third-order valence-corrected chi connectivity index (χ3v) is 2.63. The highest BCUT2D eigenvalue weighted by Crippen LogP contribution is 2.24. The van der Waals surface area contributed by atoms with Gasteiger partial charge in [-0.2, -0.15) is 0 Å². The third kappa shape index (κ3) is 2.08. The maximum absolute atomic E-state index is 10.2. The highest BCUT2D eigenvalue weighted by molar-refractivity contribution is 6.30. The number of halogens is 1. The first-order valence-electron chi connectivity index (χ1n) is 4.87. The van der Waals surface area contributed by atoms with E-state index in [0.29, 0.717) is 10.7 Å². The molecule has 5 heteroatoms. The molecule has 1 unspecified atom stereocenters. The highest BCUT2D eigenvalue weighted by atomic mass is 35.5. The van der Waals surface area contributed by atoms with Crippen LogP contribution < -0.4 is 0 Å². The lowest BCUT2D eigenvalue weighted by molar-refractivity contribution is 0.209. The van der Waals surface area contributed by atoms with Crippen LogP contribution in [0.5, 0.6) is 0 Å². The molecule has 4 nitrogen and oxygen atoms in total. The summed E-state index contributed by atoms with van der Waals surface area (Å²) >= 11 is 5.95. The molecule has 0 saturated heterocycles. The van der Waals surface area contributed by atoms with E-state index in [1.54, 1.807) is 24.0 Å². The summed E-state index contributed by atoms with van der Waals surface area (Å²) in [7, 11) is 1.74. The lowest BCUT2D eigenvalue weighted by Gasteiger charge is -2.11. The molecule has 84 valence electrons. The van der Waals surface area contributed by atoms with Gasteiger partial charge < -0.3 is 5.11 Å². The Labute approximate surface area is 98.5 Å². The van der Waals surface area contributed by atoms with Crippen LogP contribution in [0.1, 0.15) is 22.9 Å². The second-order valence-corrected chi connectivity index (χ2v) is 4.18. The Morgan fingerprint density at radius 1 is 1.38 bits per heavy atom. The minimum absolute atomic E-state index is 0.615. The molecule has 0 aliphatic heterocycles. The molecular weight excluding hydrogens is 226 g/mol. The number of aromatic nitrogens is 3. The van der Waals surface area contributed by atoms with Crippen molar-refractivity contribution in [2.24, 2.45) is 7.05 Å². The molecule has 16 heavy (non-hydrogen) atoms. The minimum Gasteiger partial charge on any atom is -0.382 e. The third-order valence-electron chi connectivity index (χ3n) is 2.41. The Balaban J connectivity index is 2.41. The number of hydrogen-bond acceptors (Lipinski definition) is 3. The van der Waals surface area contributed by atoms with Gasteiger partial charge in [-0.3, -0.25) is 0 Å². The Kier molecular flexibility index (Phi) is 2.94. The largest absolute Gasteiger partial charge is 0.382 e. The van der Waals surface area contributed by atoms with Gasteiger partial charge in [0.1, 0.15) is 6.10 Å². The normalized spacial score (nSPS) is 12.8. The van der Waals surface area contributed by atoms with Crippen LogP contribution in [-0.2, 0) is 7.05 Å². The van der Waals surface area contributed by atoms with Gasteiger partial charge in [0.05, 0.1) is 11.9 Å². The van der Waals surface area contributed by atoms with Crippen molar-refractivity contribution < 1.29 is 5.11 Å². The number of aryl methyl sites for hydroxylation is 2. The Bertz CT molecular complexity index is 489. The van der Waals surface area contributed by atoms with E-state index in [2.05, 4.69) is 10.3 Å². The first-order chi connectivity index (χ1) is 7.58. The number of rotatable bonds is 2. The van der Waals surface area contributed by atoms with Crippen LogP contribution in [0.2, 0.25) is 5.02 Å². The minimum atomic E-state index is -0.752. The van der Waals surface area contributed by atoms with Crippen LogP contribution in [0.25, 0.3) is 0 Å². The molecular formula is C11H12ClN3O. The second-order valence-electron chi connectivity index (χ2n) is 3.75. The Morgan fingerprint density at radius 3 is 2.69 bits per heavy atom. The smallest absolute Gasteiger partial charge is 0.122 e. The fourth-order valence-corrected chi connectivity index (χ4v) is 1.94. The zero-order valence-electron chi connectivity index (χ0n) is 9.05. The number of hydrogen-bond donors (Lipinski definition) is 1. The molecule has 0 aliphatic carbocycles. The van der Waals surface area contributed by atoms with Crippen LogP contribution in [0, 0.1) is 6.92 Å². The standard InChI is InChI=1S/C11H12ClN3O/c1-7-3-8(5-9(12)4-7)11(16)10-6-13-14-15(10)2/h3-6,11,16H,1-2H3. The molecule has 0 bridgehead atoms. The van der Waals surface area contributed by atoms with Gasteiger partial charge in [0.25, 0.3) is 0 Å². The van der Waals surface area contributed by atoms with E-state index in [1.165, 1.54) is 0 Å². The SMILES string of the molecule is Cc1cc(Cl)cc(C(O)c2cnnn2C)c1. The zero-order valence-corrected chi connectivity index (χ0v) is 9.81. The van der Waals surface area contributed by atoms with E-state index in [9.17, 15) is 5.11 Å². The van der Waals surface area contributed by atoms with E-state index < -0.39 is 6.10 Å². The topological polar surface area (TPSA) is 50.9 Å². The summed E-state index contributed by atoms with van der Waals surface area (Å²) in [6.07, 6.45) is 0.790. The molecule has 2 aromatic rings. The van der Waals surface area contributed by atoms with E-state index in [4.69, 9.17) is 11.6 Å². The number of aliphatic hydroxyl groups excluding tert-OH is 1. The zero-order chi connectivity index (χ0) is 11.7. The van der Waals surface area contributed by atoms with Crippen molar-refractivity contribution >= 4 is 11.6 Å². The van der Waals surface area contributed by atoms with Crippen molar-refractivity contribution in [1.82, 2.24) is 15.0 Å². The fraction of sp³-hybridized carbons (Fsp3) is 0.273. The number of aliphatic hydroxyl groups is 1. The molecule has 1 atom stereocenters. The van der Waals surface area contributed by atoms with Crippen molar-refractivity contribution in [1.29, 1.82) is 0 Å². The van der Waals surface area contributed by atoms with Crippen LogP contribution in [0.4, 0.5) is 0 Å². The van der Waals surface area contributed by atoms with Gasteiger partial charge in [0, 0.05) is 12.1 Å². The molecule has 1 aromatic carbocycles. The summed E-state index contributed by atoms with van der Waals surface area (Å²) in [5.41, 5.74) is 2.40. The fourth-order valence-electron chi connectivity index (χ4n) is 1.64. The van der Waals surface area contributed by atoms with Crippen LogP contribution in [0.3, 0.4) is 0 Å². The second kappa shape index (κ2) is 4.23. The van der Waals surface area contributed by atoms with Gasteiger partial charge >= 0.3 is 0 Å². The highest BCUT2D eigenvalue weighted by Gasteiger charge is 2.15. The predicted octanol–water partition coefficient (Wildman–Crippen LogP) is 1.86. The summed E-state index contributed by atoms with van der Waals surface area (Å²) < 4.78 is 1.54. The summed E-state index contributed by atoms with van der Waals surface area (Å²) in [6, 6.07) is 5.48. The van der Waals surface area contributed by atoms with Crippen molar-refractivity contribution in [2.45, 2.75) is 13.0 Å². The van der Waals surface area contributed by atoms with Crippen LogP contribution in [0.15, 0.2) is 24.4 Å². The van der Waals surface area contributed by atoms with Gasteiger partial charge in [0.15, 0.2) is 0 Å². The summed E-state index contributed by atoms with van der Waals surface area (Å²) in [6.45, 7) is 1.93. The van der Waals surface area contributed by atoms with Gasteiger partial charge in [-0.25, -0.2) is 4.68 Å². The van der Waals surface area contributed by atoms with Crippen molar-refractivity contribution in [3.8, 4) is 0 Å². The molecule has 0 amide bonds. The molecule has 0 fully saturated rings. The van der Waals surface area contributed by atoms with Gasteiger partial charge in [-0.1, -0.05) is 22.9 Å². The maximum atomic E-state index is 10.2. The summed E-state index contributed by atoms with van der Waals surface area (Å²) in [5.74, 6) is 0. The van der Waals surface area contributed by atoms with Gasteiger partial charge in [-0.05, 0) is 30.2 Å². The summed E-state index contributed by atoms with van der Waals surface area (Å²) in [4.78, 5) is 0. The average Bonchev–Trinajstić information content (AvgIpc) is 2.62.